The van der Waals surface area contributed by atoms with Crippen LogP contribution in [-0.2, 0) is 19.6 Å². The van der Waals surface area contributed by atoms with Gasteiger partial charge in [0, 0.05) is 17.8 Å². The van der Waals surface area contributed by atoms with E-state index >= 15 is 0 Å². The van der Waals surface area contributed by atoms with E-state index in [1.807, 2.05) is 61.5 Å². The number of nitrogens with one attached hydrogen (secondary N) is 1. The minimum absolute atomic E-state index is 0.495. The van der Waals surface area contributed by atoms with Gasteiger partial charge in [0.2, 0.25) is 0 Å². The molecule has 0 fully saturated rings. The van der Waals surface area contributed by atoms with Gasteiger partial charge in [-0.1, -0.05) is 36.4 Å². The molecule has 0 radical (unpaired) electrons. The van der Waals surface area contributed by atoms with Crippen molar-refractivity contribution in [2.24, 2.45) is 0 Å². The molecular formula is C26H29NO3. The first-order valence-electron chi connectivity index (χ1n) is 10.2. The Kier molecular flexibility index (Phi) is 7.78. The van der Waals surface area contributed by atoms with Gasteiger partial charge in [-0.25, -0.2) is 0 Å². The van der Waals surface area contributed by atoms with Crippen molar-refractivity contribution in [2.75, 3.05) is 19.0 Å². The molecule has 0 unspecified atom stereocenters. The first-order valence-corrected chi connectivity index (χ1v) is 10.2. The van der Waals surface area contributed by atoms with E-state index in [1.165, 1.54) is 0 Å². The molecule has 0 aliphatic heterocycles. The molecule has 0 aromatic heterocycles. The van der Waals surface area contributed by atoms with E-state index in [9.17, 15) is 0 Å². The molecule has 4 nitrogen and oxygen atoms in total. The second kappa shape index (κ2) is 11.0. The van der Waals surface area contributed by atoms with Crippen LogP contribution >= 0.6 is 0 Å². The predicted octanol–water partition coefficient (Wildman–Crippen LogP) is 6.01. The van der Waals surface area contributed by atoms with E-state index in [0.29, 0.717) is 26.2 Å². The van der Waals surface area contributed by atoms with Gasteiger partial charge in [-0.2, -0.15) is 0 Å². The van der Waals surface area contributed by atoms with Crippen molar-refractivity contribution in [3.05, 3.63) is 96.1 Å². The van der Waals surface area contributed by atoms with Crippen LogP contribution in [0, 0.1) is 0 Å². The summed E-state index contributed by atoms with van der Waals surface area (Å²) < 4.78 is 17.3. The number of anilines is 1. The van der Waals surface area contributed by atoms with Crippen LogP contribution in [0.3, 0.4) is 0 Å². The van der Waals surface area contributed by atoms with Gasteiger partial charge in [0.05, 0.1) is 13.7 Å². The van der Waals surface area contributed by atoms with Crippen LogP contribution in [0.15, 0.2) is 79.4 Å². The Hall–Kier alpha value is -3.40. The topological polar surface area (TPSA) is 39.7 Å². The molecule has 0 saturated heterocycles. The number of benzene rings is 3. The number of allylic oxidation sites excluding steroid dienone is 1. The molecule has 156 valence electrons. The van der Waals surface area contributed by atoms with Gasteiger partial charge in [-0.3, -0.25) is 0 Å². The highest BCUT2D eigenvalue weighted by molar-refractivity contribution is 5.52. The summed E-state index contributed by atoms with van der Waals surface area (Å²) >= 11 is 0. The first kappa shape index (κ1) is 21.3. The monoisotopic (exact) mass is 403 g/mol. The van der Waals surface area contributed by atoms with Crippen LogP contribution < -0.4 is 19.5 Å². The number of methoxy groups -OCH3 is 1. The van der Waals surface area contributed by atoms with Crippen LogP contribution in [-0.4, -0.2) is 13.7 Å². The van der Waals surface area contributed by atoms with Crippen molar-refractivity contribution in [2.45, 2.75) is 26.5 Å². The van der Waals surface area contributed by atoms with Crippen molar-refractivity contribution >= 4 is 5.69 Å². The standard InChI is InChI=1S/C26H29NO3/c1-4-9-22-16-21(18-27-23-12-14-24(28-3)15-13-23)17-25(29-5-2)26(22)30-19-20-10-7-6-8-11-20/h4,6-8,10-17,27H,1,5,9,18-19H2,2-3H3. The Morgan fingerprint density at radius 3 is 2.37 bits per heavy atom. The number of hydrogen-bond acceptors (Lipinski definition) is 4. The van der Waals surface area contributed by atoms with E-state index in [4.69, 9.17) is 14.2 Å². The zero-order valence-electron chi connectivity index (χ0n) is 17.7. The Bertz CT molecular complexity index is 936. The maximum absolute atomic E-state index is 6.20. The minimum Gasteiger partial charge on any atom is -0.497 e. The normalized spacial score (nSPS) is 10.3. The quantitative estimate of drug-likeness (QED) is 0.398. The van der Waals surface area contributed by atoms with Crippen LogP contribution in [0.1, 0.15) is 23.6 Å². The highest BCUT2D eigenvalue weighted by Crippen LogP contribution is 2.35. The van der Waals surface area contributed by atoms with Crippen molar-refractivity contribution in [1.82, 2.24) is 0 Å². The lowest BCUT2D eigenvalue weighted by atomic mass is 10.0. The van der Waals surface area contributed by atoms with Crippen LogP contribution in [0.2, 0.25) is 0 Å². The molecule has 0 heterocycles. The molecule has 30 heavy (non-hydrogen) atoms. The lowest BCUT2D eigenvalue weighted by Crippen LogP contribution is -2.06. The van der Waals surface area contributed by atoms with E-state index in [1.54, 1.807) is 7.11 Å². The van der Waals surface area contributed by atoms with Crippen molar-refractivity contribution in [3.63, 3.8) is 0 Å². The number of hydrogen-bond donors (Lipinski definition) is 1. The van der Waals surface area contributed by atoms with Gasteiger partial charge in [0.15, 0.2) is 11.5 Å². The summed E-state index contributed by atoms with van der Waals surface area (Å²) in [6.07, 6.45) is 2.60. The highest BCUT2D eigenvalue weighted by atomic mass is 16.5. The van der Waals surface area contributed by atoms with Crippen LogP contribution in [0.5, 0.6) is 17.2 Å². The third kappa shape index (κ3) is 5.80. The second-order valence-corrected chi connectivity index (χ2v) is 6.86. The lowest BCUT2D eigenvalue weighted by Gasteiger charge is -2.18. The van der Waals surface area contributed by atoms with Crippen LogP contribution in [0.25, 0.3) is 0 Å². The van der Waals surface area contributed by atoms with Crippen molar-refractivity contribution in [3.8, 4) is 17.2 Å². The summed E-state index contributed by atoms with van der Waals surface area (Å²) in [5.74, 6) is 2.39. The van der Waals surface area contributed by atoms with Gasteiger partial charge in [0.25, 0.3) is 0 Å². The molecule has 3 aromatic carbocycles. The molecule has 0 aliphatic rings. The smallest absolute Gasteiger partial charge is 0.165 e. The van der Waals surface area contributed by atoms with Gasteiger partial charge >= 0.3 is 0 Å². The average molecular weight is 404 g/mol. The van der Waals surface area contributed by atoms with Crippen molar-refractivity contribution < 1.29 is 14.2 Å². The third-order valence-corrected chi connectivity index (χ3v) is 4.67. The minimum atomic E-state index is 0.495. The number of rotatable bonds is 11. The number of ether oxygens (including phenoxy) is 3. The fraction of sp³-hybridized carbons (Fsp3) is 0.231. The highest BCUT2D eigenvalue weighted by Gasteiger charge is 2.14. The maximum Gasteiger partial charge on any atom is 0.165 e. The Labute approximate surface area is 179 Å². The first-order chi connectivity index (χ1) is 14.7. The summed E-state index contributed by atoms with van der Waals surface area (Å²) in [4.78, 5) is 0. The average Bonchev–Trinajstić information content (AvgIpc) is 2.78. The fourth-order valence-electron chi connectivity index (χ4n) is 3.20. The maximum atomic E-state index is 6.20. The van der Waals surface area contributed by atoms with Crippen molar-refractivity contribution in [1.29, 1.82) is 0 Å². The van der Waals surface area contributed by atoms with Crippen LogP contribution in [0.4, 0.5) is 5.69 Å². The molecule has 0 aliphatic carbocycles. The molecule has 0 amide bonds. The zero-order chi connectivity index (χ0) is 21.2. The third-order valence-electron chi connectivity index (χ3n) is 4.67. The van der Waals surface area contributed by atoms with Gasteiger partial charge in [-0.15, -0.1) is 6.58 Å². The molecule has 0 bridgehead atoms. The molecule has 0 spiro atoms. The zero-order valence-corrected chi connectivity index (χ0v) is 17.7. The Morgan fingerprint density at radius 1 is 0.933 bits per heavy atom. The predicted molar refractivity (Wildman–Crippen MR) is 123 cm³/mol. The summed E-state index contributed by atoms with van der Waals surface area (Å²) in [5, 5.41) is 3.45. The van der Waals surface area contributed by atoms with E-state index < -0.39 is 0 Å². The molecular weight excluding hydrogens is 374 g/mol. The molecule has 3 aromatic rings. The summed E-state index contributed by atoms with van der Waals surface area (Å²) in [6.45, 7) is 7.63. The summed E-state index contributed by atoms with van der Waals surface area (Å²) in [7, 11) is 1.67. The van der Waals surface area contributed by atoms with Gasteiger partial charge in [-0.05, 0) is 60.9 Å². The largest absolute Gasteiger partial charge is 0.497 e. The molecule has 0 saturated carbocycles. The van der Waals surface area contributed by atoms with E-state index in [2.05, 4.69) is 30.1 Å². The van der Waals surface area contributed by atoms with E-state index in [0.717, 1.165) is 39.6 Å². The van der Waals surface area contributed by atoms with Gasteiger partial charge in [0.1, 0.15) is 12.4 Å². The summed E-state index contributed by atoms with van der Waals surface area (Å²) in [6, 6.07) is 22.2. The van der Waals surface area contributed by atoms with Gasteiger partial charge < -0.3 is 19.5 Å². The SMILES string of the molecule is C=CCc1cc(CNc2ccc(OC)cc2)cc(OCC)c1OCc1ccccc1. The fourth-order valence-corrected chi connectivity index (χ4v) is 3.20. The molecule has 4 heteroatoms. The molecule has 3 rings (SSSR count). The Balaban J connectivity index is 1.80. The second-order valence-electron chi connectivity index (χ2n) is 6.86. The molecule has 0 atom stereocenters. The summed E-state index contributed by atoms with van der Waals surface area (Å²) in [5.41, 5.74) is 4.34. The lowest BCUT2D eigenvalue weighted by molar-refractivity contribution is 0.267. The Morgan fingerprint density at radius 2 is 1.70 bits per heavy atom. The molecule has 1 N–H and O–H groups in total. The van der Waals surface area contributed by atoms with E-state index in [-0.39, 0.29) is 0 Å².